The first kappa shape index (κ1) is 13.4. The summed E-state index contributed by atoms with van der Waals surface area (Å²) < 4.78 is 11.2. The highest BCUT2D eigenvalue weighted by molar-refractivity contribution is 6.03. The molecule has 0 aromatic heterocycles. The Morgan fingerprint density at radius 3 is 2.45 bits per heavy atom. The molecule has 1 fully saturated rings. The van der Waals surface area contributed by atoms with Crippen LogP contribution in [0.15, 0.2) is 18.2 Å². The van der Waals surface area contributed by atoms with E-state index in [4.69, 9.17) is 15.2 Å². The Morgan fingerprint density at radius 2 is 1.70 bits per heavy atom. The molecule has 0 unspecified atom stereocenters. The molecule has 3 rings (SSSR count). The van der Waals surface area contributed by atoms with E-state index in [0.29, 0.717) is 30.3 Å². The lowest BCUT2D eigenvalue weighted by Gasteiger charge is -2.32. The van der Waals surface area contributed by atoms with Crippen LogP contribution >= 0.6 is 0 Å². The van der Waals surface area contributed by atoms with Gasteiger partial charge in [0.1, 0.15) is 0 Å². The van der Waals surface area contributed by atoms with Crippen molar-refractivity contribution in [2.75, 3.05) is 13.2 Å². The fraction of sp³-hybridized carbons (Fsp3) is 0.562. The summed E-state index contributed by atoms with van der Waals surface area (Å²) in [5, 5.41) is 0. The molecular weight excluding hydrogens is 254 g/mol. The lowest BCUT2D eigenvalue weighted by molar-refractivity contribution is 0.0847. The average molecular weight is 275 g/mol. The Hall–Kier alpha value is -1.55. The van der Waals surface area contributed by atoms with Crippen molar-refractivity contribution in [1.82, 2.24) is 0 Å². The number of benzene rings is 1. The van der Waals surface area contributed by atoms with E-state index >= 15 is 0 Å². The number of hydrogen-bond acceptors (Lipinski definition) is 4. The summed E-state index contributed by atoms with van der Waals surface area (Å²) in [6, 6.07) is 5.41. The quantitative estimate of drug-likeness (QED) is 0.843. The minimum atomic E-state index is -0.696. The number of carbonyl (C=O) groups excluding carboxylic acids is 1. The summed E-state index contributed by atoms with van der Waals surface area (Å²) in [5.74, 6) is 1.41. The summed E-state index contributed by atoms with van der Waals surface area (Å²) in [4.78, 5) is 12.7. The summed E-state index contributed by atoms with van der Waals surface area (Å²) in [6.45, 7) is 1.28. The SMILES string of the molecule is NC1(C(=O)c2ccc3c(c2)OCCCO3)CCCCC1. The molecular formula is C16H21NO3. The van der Waals surface area contributed by atoms with Gasteiger partial charge in [0.05, 0.1) is 18.8 Å². The molecule has 1 saturated carbocycles. The predicted molar refractivity (Wildman–Crippen MR) is 76.4 cm³/mol. The summed E-state index contributed by atoms with van der Waals surface area (Å²) >= 11 is 0. The molecule has 20 heavy (non-hydrogen) atoms. The topological polar surface area (TPSA) is 61.6 Å². The van der Waals surface area contributed by atoms with Crippen LogP contribution in [0.25, 0.3) is 0 Å². The Kier molecular flexibility index (Phi) is 3.66. The Balaban J connectivity index is 1.86. The van der Waals surface area contributed by atoms with Gasteiger partial charge >= 0.3 is 0 Å². The van der Waals surface area contributed by atoms with E-state index in [0.717, 1.165) is 32.1 Å². The third-order valence-electron chi connectivity index (χ3n) is 4.21. The minimum Gasteiger partial charge on any atom is -0.490 e. The molecule has 4 heteroatoms. The van der Waals surface area contributed by atoms with Crippen LogP contribution in [-0.2, 0) is 0 Å². The third kappa shape index (κ3) is 2.52. The van der Waals surface area contributed by atoms with Crippen molar-refractivity contribution in [2.45, 2.75) is 44.1 Å². The standard InChI is InChI=1S/C16H21NO3/c17-16(7-2-1-3-8-16)15(18)12-5-6-13-14(11-12)20-10-4-9-19-13/h5-6,11H,1-4,7-10,17H2. The highest BCUT2D eigenvalue weighted by atomic mass is 16.5. The van der Waals surface area contributed by atoms with Gasteiger partial charge in [0.15, 0.2) is 17.3 Å². The minimum absolute atomic E-state index is 0.0350. The van der Waals surface area contributed by atoms with E-state index in [1.807, 2.05) is 6.07 Å². The van der Waals surface area contributed by atoms with Gasteiger partial charge in [-0.05, 0) is 31.0 Å². The largest absolute Gasteiger partial charge is 0.490 e. The van der Waals surface area contributed by atoms with Crippen LogP contribution in [0.5, 0.6) is 11.5 Å². The van der Waals surface area contributed by atoms with Crippen molar-refractivity contribution in [3.8, 4) is 11.5 Å². The van der Waals surface area contributed by atoms with E-state index in [-0.39, 0.29) is 5.78 Å². The van der Waals surface area contributed by atoms with Crippen LogP contribution in [0.3, 0.4) is 0 Å². The van der Waals surface area contributed by atoms with Gasteiger partial charge in [0.25, 0.3) is 0 Å². The monoisotopic (exact) mass is 275 g/mol. The Bertz CT molecular complexity index is 506. The average Bonchev–Trinajstić information content (AvgIpc) is 2.71. The molecule has 1 heterocycles. The van der Waals surface area contributed by atoms with Gasteiger partial charge in [-0.2, -0.15) is 0 Å². The smallest absolute Gasteiger partial charge is 0.182 e. The highest BCUT2D eigenvalue weighted by Crippen LogP contribution is 2.34. The fourth-order valence-electron chi connectivity index (χ4n) is 3.00. The van der Waals surface area contributed by atoms with Gasteiger partial charge in [-0.3, -0.25) is 4.79 Å². The van der Waals surface area contributed by atoms with Crippen molar-refractivity contribution in [2.24, 2.45) is 5.73 Å². The molecule has 0 atom stereocenters. The van der Waals surface area contributed by atoms with Crippen LogP contribution in [0.2, 0.25) is 0 Å². The van der Waals surface area contributed by atoms with Gasteiger partial charge in [-0.15, -0.1) is 0 Å². The van der Waals surface area contributed by atoms with E-state index < -0.39 is 5.54 Å². The molecule has 1 aliphatic carbocycles. The first-order valence-electron chi connectivity index (χ1n) is 7.42. The van der Waals surface area contributed by atoms with Crippen LogP contribution in [0.1, 0.15) is 48.9 Å². The van der Waals surface area contributed by atoms with Crippen LogP contribution in [0, 0.1) is 0 Å². The highest BCUT2D eigenvalue weighted by Gasteiger charge is 2.36. The van der Waals surface area contributed by atoms with E-state index in [2.05, 4.69) is 0 Å². The maximum atomic E-state index is 12.7. The lowest BCUT2D eigenvalue weighted by Crippen LogP contribution is -2.49. The normalized spacial score (nSPS) is 21.1. The van der Waals surface area contributed by atoms with Crippen molar-refractivity contribution in [1.29, 1.82) is 0 Å². The summed E-state index contributed by atoms with van der Waals surface area (Å²) in [7, 11) is 0. The number of rotatable bonds is 2. The van der Waals surface area contributed by atoms with E-state index in [1.54, 1.807) is 12.1 Å². The van der Waals surface area contributed by atoms with Crippen molar-refractivity contribution in [3.63, 3.8) is 0 Å². The Labute approximate surface area is 119 Å². The number of Topliss-reactive ketones (excluding diaryl/α,β-unsaturated/α-hetero) is 1. The summed E-state index contributed by atoms with van der Waals surface area (Å²) in [6.07, 6.45) is 5.66. The zero-order chi connectivity index (χ0) is 14.0. The molecule has 1 aromatic carbocycles. The van der Waals surface area contributed by atoms with Gasteiger partial charge < -0.3 is 15.2 Å². The molecule has 0 amide bonds. The zero-order valence-electron chi connectivity index (χ0n) is 11.7. The van der Waals surface area contributed by atoms with Gasteiger partial charge in [0.2, 0.25) is 0 Å². The molecule has 0 spiro atoms. The number of carbonyl (C=O) groups is 1. The molecule has 2 aliphatic rings. The number of hydrogen-bond donors (Lipinski definition) is 1. The van der Waals surface area contributed by atoms with Gasteiger partial charge in [-0.1, -0.05) is 19.3 Å². The van der Waals surface area contributed by atoms with Crippen molar-refractivity contribution < 1.29 is 14.3 Å². The van der Waals surface area contributed by atoms with Gasteiger partial charge in [-0.25, -0.2) is 0 Å². The maximum Gasteiger partial charge on any atom is 0.182 e. The number of ether oxygens (including phenoxy) is 2. The van der Waals surface area contributed by atoms with Crippen LogP contribution in [0.4, 0.5) is 0 Å². The molecule has 4 nitrogen and oxygen atoms in total. The molecule has 1 aromatic rings. The number of ketones is 1. The maximum absolute atomic E-state index is 12.7. The molecule has 0 radical (unpaired) electrons. The molecule has 0 saturated heterocycles. The summed E-state index contributed by atoms with van der Waals surface area (Å²) in [5.41, 5.74) is 6.26. The fourth-order valence-corrected chi connectivity index (χ4v) is 3.00. The molecule has 108 valence electrons. The van der Waals surface area contributed by atoms with E-state index in [9.17, 15) is 4.79 Å². The van der Waals surface area contributed by atoms with Gasteiger partial charge in [0, 0.05) is 12.0 Å². The molecule has 2 N–H and O–H groups in total. The third-order valence-corrected chi connectivity index (χ3v) is 4.21. The second kappa shape index (κ2) is 5.44. The Morgan fingerprint density at radius 1 is 1.00 bits per heavy atom. The first-order valence-corrected chi connectivity index (χ1v) is 7.42. The zero-order valence-corrected chi connectivity index (χ0v) is 11.7. The lowest BCUT2D eigenvalue weighted by atomic mass is 9.77. The van der Waals surface area contributed by atoms with E-state index in [1.165, 1.54) is 6.42 Å². The predicted octanol–water partition coefficient (Wildman–Crippen LogP) is 2.69. The van der Waals surface area contributed by atoms with Crippen LogP contribution in [-0.4, -0.2) is 24.5 Å². The number of nitrogens with two attached hydrogens (primary N) is 1. The second-order valence-electron chi connectivity index (χ2n) is 5.76. The number of fused-ring (bicyclic) bond motifs is 1. The van der Waals surface area contributed by atoms with Crippen molar-refractivity contribution in [3.05, 3.63) is 23.8 Å². The second-order valence-corrected chi connectivity index (χ2v) is 5.76. The van der Waals surface area contributed by atoms with Crippen molar-refractivity contribution >= 4 is 5.78 Å². The van der Waals surface area contributed by atoms with Crippen LogP contribution < -0.4 is 15.2 Å². The molecule has 1 aliphatic heterocycles. The first-order chi connectivity index (χ1) is 9.69. The molecule has 0 bridgehead atoms.